The number of hydrogen-bond donors (Lipinski definition) is 2. The van der Waals surface area contributed by atoms with Crippen molar-refractivity contribution in [3.8, 4) is 0 Å². The first-order chi connectivity index (χ1) is 3.63. The van der Waals surface area contributed by atoms with Crippen LogP contribution in [0.1, 0.15) is 0 Å². The van der Waals surface area contributed by atoms with E-state index in [0.717, 1.165) is 0 Å². The summed E-state index contributed by atoms with van der Waals surface area (Å²) in [6.45, 7) is 0. The zero-order valence-corrected chi connectivity index (χ0v) is 3.87. The molecular weight excluding hydrogens is 182 g/mol. The van der Waals surface area contributed by atoms with Crippen LogP contribution in [0, 0.1) is 0 Å². The summed E-state index contributed by atoms with van der Waals surface area (Å²) in [5.74, 6) is -2.51. The van der Waals surface area contributed by atoms with Gasteiger partial charge in [-0.05, 0) is 0 Å². The maximum atomic E-state index is 9.55. The van der Waals surface area contributed by atoms with E-state index in [4.69, 9.17) is 10.2 Å². The summed E-state index contributed by atoms with van der Waals surface area (Å²) in [6.07, 6.45) is 1.12. The van der Waals surface area contributed by atoms with Crippen molar-refractivity contribution in [2.75, 3.05) is 0 Å². The molecule has 0 heterocycles. The van der Waals surface area contributed by atoms with E-state index in [9.17, 15) is 9.59 Å². The molecule has 0 spiro atoms. The SMILES string of the molecule is O=C(O)C=CC(=O)O.[GaH3]. The van der Waals surface area contributed by atoms with Crippen molar-refractivity contribution in [2.45, 2.75) is 0 Å². The molecule has 0 atom stereocenters. The molecule has 0 amide bonds. The van der Waals surface area contributed by atoms with Crippen LogP contribution < -0.4 is 0 Å². The molecule has 0 fully saturated rings. The number of carbonyl (C=O) groups is 2. The number of aliphatic carboxylic acids is 2. The van der Waals surface area contributed by atoms with Gasteiger partial charge in [0.2, 0.25) is 0 Å². The molecule has 4 nitrogen and oxygen atoms in total. The summed E-state index contributed by atoms with van der Waals surface area (Å²) in [7, 11) is 0. The van der Waals surface area contributed by atoms with Crippen LogP contribution >= 0.6 is 0 Å². The molecule has 0 aliphatic carbocycles. The molecule has 0 aliphatic heterocycles. The Bertz CT molecular complexity index is 124. The van der Waals surface area contributed by atoms with Gasteiger partial charge in [-0.1, -0.05) is 0 Å². The molecule has 0 rings (SSSR count). The third-order valence-corrected chi connectivity index (χ3v) is 0.368. The Labute approximate surface area is 64.2 Å². The van der Waals surface area contributed by atoms with Gasteiger partial charge >= 0.3 is 31.7 Å². The quantitative estimate of drug-likeness (QED) is 0.410. The monoisotopic (exact) mass is 188 g/mol. The summed E-state index contributed by atoms with van der Waals surface area (Å²) < 4.78 is 0. The van der Waals surface area contributed by atoms with Crippen LogP contribution in [0.4, 0.5) is 0 Å². The zero-order valence-electron chi connectivity index (χ0n) is 3.87. The summed E-state index contributed by atoms with van der Waals surface area (Å²) >= 11 is 0. The van der Waals surface area contributed by atoms with Gasteiger partial charge in [-0.3, -0.25) is 0 Å². The van der Waals surface area contributed by atoms with Crippen molar-refractivity contribution < 1.29 is 19.8 Å². The fraction of sp³-hybridized carbons (Fsp3) is 0. The molecule has 0 aromatic rings. The second kappa shape index (κ2) is 5.45. The second-order valence-corrected chi connectivity index (χ2v) is 1.01. The Kier molecular flexibility index (Phi) is 6.76. The van der Waals surface area contributed by atoms with E-state index in [-0.39, 0.29) is 19.8 Å². The van der Waals surface area contributed by atoms with Crippen molar-refractivity contribution in [1.29, 1.82) is 0 Å². The van der Waals surface area contributed by atoms with Gasteiger partial charge in [-0.2, -0.15) is 0 Å². The van der Waals surface area contributed by atoms with Crippen LogP contribution in [-0.4, -0.2) is 41.9 Å². The third-order valence-electron chi connectivity index (χ3n) is 0.368. The molecular formula is C4H7GaO4. The minimum absolute atomic E-state index is 0. The molecule has 2 N–H and O–H groups in total. The molecule has 5 heteroatoms. The predicted octanol–water partition coefficient (Wildman–Crippen LogP) is -1.47. The molecule has 0 bridgehead atoms. The molecule has 0 saturated carbocycles. The molecule has 9 heavy (non-hydrogen) atoms. The molecule has 50 valence electrons. The second-order valence-electron chi connectivity index (χ2n) is 1.01. The number of hydrogen-bond acceptors (Lipinski definition) is 2. The Balaban J connectivity index is 0. The van der Waals surface area contributed by atoms with Crippen LogP contribution in [0.25, 0.3) is 0 Å². The van der Waals surface area contributed by atoms with E-state index in [1.165, 1.54) is 0 Å². The van der Waals surface area contributed by atoms with Crippen molar-refractivity contribution in [3.05, 3.63) is 12.2 Å². The number of carboxylic acids is 2. The van der Waals surface area contributed by atoms with E-state index in [2.05, 4.69) is 0 Å². The van der Waals surface area contributed by atoms with Gasteiger partial charge in [0, 0.05) is 12.2 Å². The fourth-order valence-electron chi connectivity index (χ4n) is 0.143. The molecule has 0 saturated heterocycles. The van der Waals surface area contributed by atoms with Crippen molar-refractivity contribution in [2.24, 2.45) is 0 Å². The Morgan fingerprint density at radius 2 is 1.22 bits per heavy atom. The van der Waals surface area contributed by atoms with E-state index in [1.54, 1.807) is 0 Å². The first kappa shape index (κ1) is 11.2. The molecule has 0 aliphatic rings. The van der Waals surface area contributed by atoms with Crippen molar-refractivity contribution >= 4 is 31.7 Å². The first-order valence-corrected chi connectivity index (χ1v) is 1.77. The number of rotatable bonds is 2. The average Bonchev–Trinajstić information content (AvgIpc) is 1.61. The minimum atomic E-state index is -1.26. The maximum absolute atomic E-state index is 9.55. The van der Waals surface area contributed by atoms with E-state index < -0.39 is 11.9 Å². The van der Waals surface area contributed by atoms with Crippen LogP contribution in [0.3, 0.4) is 0 Å². The van der Waals surface area contributed by atoms with E-state index in [0.29, 0.717) is 12.2 Å². The van der Waals surface area contributed by atoms with E-state index >= 15 is 0 Å². The summed E-state index contributed by atoms with van der Waals surface area (Å²) in [5, 5.41) is 15.6. The third kappa shape index (κ3) is 11.1. The van der Waals surface area contributed by atoms with Crippen LogP contribution in [-0.2, 0) is 9.59 Å². The Morgan fingerprint density at radius 1 is 1.00 bits per heavy atom. The molecule has 0 aromatic heterocycles. The molecule has 0 unspecified atom stereocenters. The van der Waals surface area contributed by atoms with Crippen LogP contribution in [0.5, 0.6) is 0 Å². The average molecular weight is 189 g/mol. The van der Waals surface area contributed by atoms with Crippen molar-refractivity contribution in [1.82, 2.24) is 0 Å². The van der Waals surface area contributed by atoms with Gasteiger partial charge in [0.25, 0.3) is 0 Å². The van der Waals surface area contributed by atoms with Crippen LogP contribution in [0.2, 0.25) is 0 Å². The van der Waals surface area contributed by atoms with Gasteiger partial charge < -0.3 is 10.2 Å². The standard InChI is InChI=1S/C4H4O4.Ga.3H/c5-3(6)1-2-4(7)8;;;;/h1-2H,(H,5,6)(H,7,8);;;;. The zero-order chi connectivity index (χ0) is 6.57. The fourth-order valence-corrected chi connectivity index (χ4v) is 0.143. The summed E-state index contributed by atoms with van der Waals surface area (Å²) in [4.78, 5) is 19.1. The normalized spacial score (nSPS) is 8.44. The van der Waals surface area contributed by atoms with Gasteiger partial charge in [0.1, 0.15) is 0 Å². The first-order valence-electron chi connectivity index (χ1n) is 1.77. The van der Waals surface area contributed by atoms with Gasteiger partial charge in [0.15, 0.2) is 0 Å². The number of carboxylic acid groups (broad SMARTS) is 2. The summed E-state index contributed by atoms with van der Waals surface area (Å²) in [5.41, 5.74) is 0. The van der Waals surface area contributed by atoms with E-state index in [1.807, 2.05) is 0 Å². The van der Waals surface area contributed by atoms with Crippen LogP contribution in [0.15, 0.2) is 12.2 Å². The Morgan fingerprint density at radius 3 is 1.33 bits per heavy atom. The Hall–Kier alpha value is -0.684. The molecule has 0 radical (unpaired) electrons. The van der Waals surface area contributed by atoms with Crippen molar-refractivity contribution in [3.63, 3.8) is 0 Å². The van der Waals surface area contributed by atoms with Gasteiger partial charge in [-0.25, -0.2) is 9.59 Å². The predicted molar refractivity (Wildman–Crippen MR) is 34.4 cm³/mol. The van der Waals surface area contributed by atoms with Gasteiger partial charge in [0.05, 0.1) is 0 Å². The summed E-state index contributed by atoms with van der Waals surface area (Å²) in [6, 6.07) is 0. The van der Waals surface area contributed by atoms with Gasteiger partial charge in [-0.15, -0.1) is 0 Å². The topological polar surface area (TPSA) is 74.6 Å². The molecule has 0 aromatic carbocycles.